The Morgan fingerprint density at radius 1 is 1.42 bits per heavy atom. The minimum absolute atomic E-state index is 0.675. The zero-order valence-electron chi connectivity index (χ0n) is 12.4. The number of carboxylic acids is 1. The molecule has 0 radical (unpaired) electrons. The van der Waals surface area contributed by atoms with Gasteiger partial charge in [-0.25, -0.2) is 4.79 Å². The van der Waals surface area contributed by atoms with E-state index >= 15 is 0 Å². The maximum Gasteiger partial charge on any atom is 0.364 e. The van der Waals surface area contributed by atoms with Crippen molar-refractivity contribution in [3.8, 4) is 0 Å². The molecule has 1 aliphatic heterocycles. The second kappa shape index (κ2) is 7.72. The van der Waals surface area contributed by atoms with E-state index in [-0.39, 0.29) is 0 Å². The Balaban J connectivity index is 3.15. The normalized spacial score (nSPS) is 33.7. The van der Waals surface area contributed by atoms with Crippen LogP contribution in [0.25, 0.3) is 10.4 Å². The minimum atomic E-state index is -2.90. The Bertz CT molecular complexity index is 540. The number of nitrogens with one attached hydrogen (secondary N) is 1. The van der Waals surface area contributed by atoms with Crippen LogP contribution in [0, 0.1) is 0 Å². The molecule has 1 aliphatic rings. The van der Waals surface area contributed by atoms with E-state index in [0.717, 1.165) is 6.92 Å². The summed E-state index contributed by atoms with van der Waals surface area (Å²) in [5.41, 5.74) is 8.21. The van der Waals surface area contributed by atoms with Crippen molar-refractivity contribution in [3.05, 3.63) is 10.4 Å². The summed E-state index contributed by atoms with van der Waals surface area (Å²) in [7, 11) is 0. The molecule has 1 saturated heterocycles. The highest BCUT2D eigenvalue weighted by atomic mass is 16.7. The summed E-state index contributed by atoms with van der Waals surface area (Å²) in [6, 6.07) is -1.41. The maximum atomic E-state index is 11.2. The van der Waals surface area contributed by atoms with E-state index in [1.54, 1.807) is 0 Å². The summed E-state index contributed by atoms with van der Waals surface area (Å²) in [6.07, 6.45) is -10.7. The van der Waals surface area contributed by atoms with Gasteiger partial charge in [-0.05, 0) is 5.53 Å². The Morgan fingerprint density at radius 3 is 2.46 bits per heavy atom. The van der Waals surface area contributed by atoms with Gasteiger partial charge in [0.2, 0.25) is 5.91 Å². The highest BCUT2D eigenvalue weighted by Crippen LogP contribution is 2.31. The van der Waals surface area contributed by atoms with Crippen LogP contribution in [0.3, 0.4) is 0 Å². The summed E-state index contributed by atoms with van der Waals surface area (Å²) in [5, 5.41) is 63.0. The number of aliphatic hydroxyl groups is 5. The van der Waals surface area contributed by atoms with E-state index < -0.39 is 60.8 Å². The number of aliphatic hydroxyl groups excluding tert-OH is 4. The van der Waals surface area contributed by atoms with Crippen LogP contribution >= 0.6 is 0 Å². The molecule has 1 amide bonds. The lowest BCUT2D eigenvalue weighted by atomic mass is 9.88. The number of ether oxygens (including phenoxy) is 1. The van der Waals surface area contributed by atoms with Crippen LogP contribution in [0.15, 0.2) is 5.11 Å². The lowest BCUT2D eigenvalue weighted by Gasteiger charge is -2.44. The standard InChI is InChI=1S/C11H18N4O9/c1-3(16)13-5-4(17)2-11(23,10(21)22)24-8(5)6(18)7(19)9(20)14-15-12/h4-9,17-20,23H,2H2,1H3,(H,13,16)(H,21,22)/t4-,5+,6+,7-,8+,9?,11?/m0/s1. The Morgan fingerprint density at radius 2 is 2.00 bits per heavy atom. The Labute approximate surface area is 134 Å². The van der Waals surface area contributed by atoms with Crippen LogP contribution in [0.5, 0.6) is 0 Å². The summed E-state index contributed by atoms with van der Waals surface area (Å²) >= 11 is 0. The number of hydrogen-bond donors (Lipinski definition) is 7. The van der Waals surface area contributed by atoms with Gasteiger partial charge in [0, 0.05) is 18.3 Å². The molecule has 7 N–H and O–H groups in total. The second-order valence-corrected chi connectivity index (χ2v) is 5.27. The summed E-state index contributed by atoms with van der Waals surface area (Å²) in [5.74, 6) is -5.45. The van der Waals surface area contributed by atoms with Gasteiger partial charge < -0.3 is 40.7 Å². The van der Waals surface area contributed by atoms with Crippen LogP contribution in [-0.4, -0.2) is 85.0 Å². The van der Waals surface area contributed by atoms with Crippen molar-refractivity contribution in [2.45, 2.75) is 55.8 Å². The predicted octanol–water partition coefficient (Wildman–Crippen LogP) is -3.24. The quantitative estimate of drug-likeness (QED) is 0.145. The largest absolute Gasteiger partial charge is 0.477 e. The first-order valence-electron chi connectivity index (χ1n) is 6.70. The molecule has 0 aliphatic carbocycles. The fourth-order valence-corrected chi connectivity index (χ4v) is 2.30. The molecular weight excluding hydrogens is 332 g/mol. The average Bonchev–Trinajstić information content (AvgIpc) is 2.48. The van der Waals surface area contributed by atoms with Gasteiger partial charge in [-0.3, -0.25) is 4.79 Å². The Kier molecular flexibility index (Phi) is 6.45. The predicted molar refractivity (Wildman–Crippen MR) is 72.9 cm³/mol. The fourth-order valence-electron chi connectivity index (χ4n) is 2.30. The van der Waals surface area contributed by atoms with Crippen LogP contribution < -0.4 is 5.32 Å². The first kappa shape index (κ1) is 20.1. The molecular formula is C11H18N4O9. The molecule has 2 unspecified atom stereocenters. The van der Waals surface area contributed by atoms with Crippen molar-refractivity contribution in [3.63, 3.8) is 0 Å². The minimum Gasteiger partial charge on any atom is -0.477 e. The second-order valence-electron chi connectivity index (χ2n) is 5.27. The van der Waals surface area contributed by atoms with Gasteiger partial charge in [0.25, 0.3) is 5.79 Å². The monoisotopic (exact) mass is 350 g/mol. The highest BCUT2D eigenvalue weighted by Gasteiger charge is 2.54. The van der Waals surface area contributed by atoms with E-state index in [0.29, 0.717) is 0 Å². The van der Waals surface area contributed by atoms with Gasteiger partial charge >= 0.3 is 5.97 Å². The number of azide groups is 1. The third kappa shape index (κ3) is 4.30. The zero-order chi connectivity index (χ0) is 18.7. The fraction of sp³-hybridized carbons (Fsp3) is 0.818. The van der Waals surface area contributed by atoms with Gasteiger partial charge in [-0.15, -0.1) is 0 Å². The van der Waals surface area contributed by atoms with Crippen molar-refractivity contribution >= 4 is 11.9 Å². The number of amides is 1. The topological polar surface area (TPSA) is 226 Å². The summed E-state index contributed by atoms with van der Waals surface area (Å²) < 4.78 is 4.86. The smallest absolute Gasteiger partial charge is 0.364 e. The lowest BCUT2D eigenvalue weighted by Crippen LogP contribution is -2.67. The average molecular weight is 350 g/mol. The van der Waals surface area contributed by atoms with Crippen LogP contribution in [0.2, 0.25) is 0 Å². The van der Waals surface area contributed by atoms with Crippen LogP contribution in [0.1, 0.15) is 13.3 Å². The number of rotatable bonds is 6. The molecule has 1 heterocycles. The van der Waals surface area contributed by atoms with E-state index in [4.69, 9.17) is 15.4 Å². The number of carboxylic acid groups (broad SMARTS) is 1. The Hall–Kier alpha value is -1.99. The molecule has 1 rings (SSSR count). The summed E-state index contributed by atoms with van der Waals surface area (Å²) in [4.78, 5) is 24.5. The van der Waals surface area contributed by atoms with Crippen molar-refractivity contribution in [2.24, 2.45) is 5.11 Å². The van der Waals surface area contributed by atoms with Crippen molar-refractivity contribution in [1.29, 1.82) is 0 Å². The van der Waals surface area contributed by atoms with Crippen LogP contribution in [-0.2, 0) is 14.3 Å². The maximum absolute atomic E-state index is 11.2. The van der Waals surface area contributed by atoms with E-state index in [1.165, 1.54) is 0 Å². The molecule has 1 fully saturated rings. The molecule has 7 atom stereocenters. The first-order chi connectivity index (χ1) is 11.0. The van der Waals surface area contributed by atoms with E-state index in [9.17, 15) is 35.1 Å². The zero-order valence-corrected chi connectivity index (χ0v) is 12.4. The molecule has 0 aromatic rings. The molecule has 13 nitrogen and oxygen atoms in total. The SMILES string of the molecule is CC(=O)N[C@H]1[C@H]([C@H](O)[C@H](O)C(O)N=[N+]=[N-])OC(O)(C(=O)O)C[C@@H]1O. The van der Waals surface area contributed by atoms with Crippen molar-refractivity contribution < 1.29 is 45.0 Å². The lowest BCUT2D eigenvalue weighted by molar-refractivity contribution is -0.296. The number of carbonyl (C=O) groups is 2. The molecule has 136 valence electrons. The number of nitrogens with zero attached hydrogens (tertiary/aromatic N) is 3. The number of aliphatic carboxylic acids is 1. The third-order valence-corrected chi connectivity index (χ3v) is 3.45. The van der Waals surface area contributed by atoms with Gasteiger partial charge in [-0.2, -0.15) is 0 Å². The van der Waals surface area contributed by atoms with Crippen molar-refractivity contribution in [2.75, 3.05) is 0 Å². The molecule has 0 saturated carbocycles. The van der Waals surface area contributed by atoms with Gasteiger partial charge in [-0.1, -0.05) is 5.11 Å². The van der Waals surface area contributed by atoms with E-state index in [1.807, 2.05) is 0 Å². The van der Waals surface area contributed by atoms with Crippen LogP contribution in [0.4, 0.5) is 0 Å². The molecule has 0 spiro atoms. The number of carbonyl (C=O) groups excluding carboxylic acids is 1. The van der Waals surface area contributed by atoms with Gasteiger partial charge in [0.05, 0.1) is 12.1 Å². The van der Waals surface area contributed by atoms with Gasteiger partial charge in [0.1, 0.15) is 18.3 Å². The molecule has 13 heteroatoms. The molecule has 0 aromatic carbocycles. The molecule has 0 aromatic heterocycles. The number of hydrogen-bond acceptors (Lipinski definition) is 9. The first-order valence-corrected chi connectivity index (χ1v) is 6.70. The van der Waals surface area contributed by atoms with E-state index in [2.05, 4.69) is 15.3 Å². The summed E-state index contributed by atoms with van der Waals surface area (Å²) in [6.45, 7) is 1.07. The third-order valence-electron chi connectivity index (χ3n) is 3.45. The highest BCUT2D eigenvalue weighted by molar-refractivity contribution is 5.76. The van der Waals surface area contributed by atoms with Crippen molar-refractivity contribution in [1.82, 2.24) is 5.32 Å². The molecule has 0 bridgehead atoms. The van der Waals surface area contributed by atoms with Gasteiger partial charge in [0.15, 0.2) is 6.23 Å². The molecule has 24 heavy (non-hydrogen) atoms.